The fourth-order valence-electron chi connectivity index (χ4n) is 4.01. The number of aromatic nitrogens is 2. The molecule has 4 rings (SSSR count). The SMILES string of the molecule is COc1ccc(-c2cnc(C(=O)Nc3ccc(C(=O)NCC4CC(N)C4)c(Cl)c3)n2C)c(F)c1F. The molecule has 4 N–H and O–H groups in total. The number of imidazole rings is 1. The number of nitrogens with two attached hydrogens (primary N) is 1. The molecule has 35 heavy (non-hydrogen) atoms. The first-order chi connectivity index (χ1) is 16.7. The minimum Gasteiger partial charge on any atom is -0.494 e. The Bertz CT molecular complexity index is 1290. The molecule has 0 unspecified atom stereocenters. The quantitative estimate of drug-likeness (QED) is 0.455. The Morgan fingerprint density at radius 1 is 1.20 bits per heavy atom. The van der Waals surface area contributed by atoms with Crippen LogP contribution in [0.25, 0.3) is 11.3 Å². The van der Waals surface area contributed by atoms with E-state index in [4.69, 9.17) is 22.1 Å². The van der Waals surface area contributed by atoms with Gasteiger partial charge in [-0.05, 0) is 49.1 Å². The van der Waals surface area contributed by atoms with E-state index in [-0.39, 0.29) is 45.4 Å². The Morgan fingerprint density at radius 3 is 2.60 bits per heavy atom. The van der Waals surface area contributed by atoms with Crippen LogP contribution in [0.2, 0.25) is 5.02 Å². The van der Waals surface area contributed by atoms with Gasteiger partial charge in [0.15, 0.2) is 17.4 Å². The summed E-state index contributed by atoms with van der Waals surface area (Å²) in [6, 6.07) is 7.35. The standard InChI is InChI=1S/C24H24ClF2N5O3/c1-32-18(16-5-6-19(35-2)21(27)20(16)26)11-29-22(32)24(34)31-14-3-4-15(17(25)9-14)23(33)30-10-12-7-13(28)8-12/h3-6,9,11-13H,7-8,10,28H2,1-2H3,(H,30,33)(H,31,34). The van der Waals surface area contributed by atoms with Crippen LogP contribution >= 0.6 is 11.6 Å². The summed E-state index contributed by atoms with van der Waals surface area (Å²) >= 11 is 6.27. The third-order valence-corrected chi connectivity index (χ3v) is 6.34. The molecule has 0 radical (unpaired) electrons. The molecule has 11 heteroatoms. The Balaban J connectivity index is 1.46. The van der Waals surface area contributed by atoms with Gasteiger partial charge < -0.3 is 25.7 Å². The lowest BCUT2D eigenvalue weighted by Gasteiger charge is -2.32. The number of hydrogen-bond acceptors (Lipinski definition) is 5. The van der Waals surface area contributed by atoms with Crippen LogP contribution < -0.4 is 21.1 Å². The maximum Gasteiger partial charge on any atom is 0.291 e. The van der Waals surface area contributed by atoms with Crippen LogP contribution in [0, 0.1) is 17.6 Å². The fourth-order valence-corrected chi connectivity index (χ4v) is 4.27. The van der Waals surface area contributed by atoms with Gasteiger partial charge in [-0.1, -0.05) is 11.6 Å². The number of ether oxygens (including phenoxy) is 1. The largest absolute Gasteiger partial charge is 0.494 e. The number of halogens is 3. The minimum atomic E-state index is -1.13. The number of anilines is 1. The molecule has 1 aliphatic rings. The number of nitrogens with one attached hydrogen (secondary N) is 2. The maximum absolute atomic E-state index is 14.5. The molecule has 1 aliphatic carbocycles. The van der Waals surface area contributed by atoms with Crippen LogP contribution in [0.5, 0.6) is 5.75 Å². The molecule has 1 heterocycles. The summed E-state index contributed by atoms with van der Waals surface area (Å²) in [5.41, 5.74) is 6.52. The molecule has 8 nitrogen and oxygen atoms in total. The van der Waals surface area contributed by atoms with Gasteiger partial charge in [0.25, 0.3) is 11.8 Å². The number of amides is 2. The molecule has 0 bridgehead atoms. The molecular formula is C24H24ClF2N5O3. The molecule has 0 saturated heterocycles. The lowest BCUT2D eigenvalue weighted by molar-refractivity contribution is 0.0935. The summed E-state index contributed by atoms with van der Waals surface area (Å²) in [6.07, 6.45) is 3.04. The number of nitrogens with zero attached hydrogens (tertiary/aromatic N) is 2. The number of rotatable bonds is 7. The molecule has 1 aromatic heterocycles. The van der Waals surface area contributed by atoms with Gasteiger partial charge in [-0.2, -0.15) is 4.39 Å². The van der Waals surface area contributed by atoms with Crippen molar-refractivity contribution in [1.29, 1.82) is 0 Å². The predicted molar refractivity (Wildman–Crippen MR) is 128 cm³/mol. The van der Waals surface area contributed by atoms with Crippen LogP contribution in [0.15, 0.2) is 36.5 Å². The van der Waals surface area contributed by atoms with Crippen LogP contribution in [-0.2, 0) is 7.05 Å². The zero-order valence-corrected chi connectivity index (χ0v) is 19.8. The molecule has 2 aromatic carbocycles. The topological polar surface area (TPSA) is 111 Å². The van der Waals surface area contributed by atoms with Crippen molar-refractivity contribution in [3.8, 4) is 17.0 Å². The number of hydrogen-bond donors (Lipinski definition) is 3. The number of methoxy groups -OCH3 is 1. The van der Waals surface area contributed by atoms with E-state index in [1.54, 1.807) is 6.07 Å². The molecular weight excluding hydrogens is 480 g/mol. The van der Waals surface area contributed by atoms with Gasteiger partial charge >= 0.3 is 0 Å². The third-order valence-electron chi connectivity index (χ3n) is 6.03. The zero-order chi connectivity index (χ0) is 25.3. The first kappa shape index (κ1) is 24.6. The first-order valence-electron chi connectivity index (χ1n) is 10.9. The summed E-state index contributed by atoms with van der Waals surface area (Å²) < 4.78 is 34.8. The average molecular weight is 504 g/mol. The van der Waals surface area contributed by atoms with Crippen LogP contribution in [0.3, 0.4) is 0 Å². The van der Waals surface area contributed by atoms with Crippen molar-refractivity contribution in [2.45, 2.75) is 18.9 Å². The number of carbonyl (C=O) groups excluding carboxylic acids is 2. The van der Waals surface area contributed by atoms with Gasteiger partial charge in [-0.3, -0.25) is 9.59 Å². The van der Waals surface area contributed by atoms with E-state index in [0.717, 1.165) is 12.8 Å². The highest BCUT2D eigenvalue weighted by atomic mass is 35.5. The number of carbonyl (C=O) groups is 2. The first-order valence-corrected chi connectivity index (χ1v) is 11.3. The molecule has 1 saturated carbocycles. The highest BCUT2D eigenvalue weighted by molar-refractivity contribution is 6.34. The highest BCUT2D eigenvalue weighted by Gasteiger charge is 2.26. The second-order valence-corrected chi connectivity index (χ2v) is 8.83. The smallest absolute Gasteiger partial charge is 0.291 e. The summed E-state index contributed by atoms with van der Waals surface area (Å²) in [5.74, 6) is -3.04. The normalized spacial score (nSPS) is 17.0. The van der Waals surface area contributed by atoms with Crippen molar-refractivity contribution in [2.24, 2.45) is 18.7 Å². The van der Waals surface area contributed by atoms with Gasteiger partial charge in [0.05, 0.1) is 29.6 Å². The van der Waals surface area contributed by atoms with Crippen molar-refractivity contribution < 1.29 is 23.1 Å². The summed E-state index contributed by atoms with van der Waals surface area (Å²) in [5, 5.41) is 5.66. The van der Waals surface area contributed by atoms with E-state index >= 15 is 0 Å². The van der Waals surface area contributed by atoms with Crippen molar-refractivity contribution in [1.82, 2.24) is 14.9 Å². The lowest BCUT2D eigenvalue weighted by atomic mass is 9.81. The maximum atomic E-state index is 14.5. The molecule has 2 amide bonds. The molecule has 184 valence electrons. The predicted octanol–water partition coefficient (Wildman–Crippen LogP) is 3.75. The van der Waals surface area contributed by atoms with Gasteiger partial charge in [-0.15, -0.1) is 0 Å². The van der Waals surface area contributed by atoms with E-state index < -0.39 is 17.5 Å². The van der Waals surface area contributed by atoms with Crippen molar-refractivity contribution >= 4 is 29.1 Å². The van der Waals surface area contributed by atoms with Crippen molar-refractivity contribution in [3.05, 3.63) is 64.6 Å². The van der Waals surface area contributed by atoms with E-state index in [9.17, 15) is 18.4 Å². The van der Waals surface area contributed by atoms with Gasteiger partial charge in [0.2, 0.25) is 5.82 Å². The van der Waals surface area contributed by atoms with E-state index in [1.807, 2.05) is 0 Å². The Hall–Kier alpha value is -3.50. The van der Waals surface area contributed by atoms with Crippen LogP contribution in [0.4, 0.5) is 14.5 Å². The second kappa shape index (κ2) is 10.0. The minimum absolute atomic E-state index is 0.0349. The third kappa shape index (κ3) is 4.98. The lowest BCUT2D eigenvalue weighted by Crippen LogP contribution is -2.42. The van der Waals surface area contributed by atoms with Crippen LogP contribution in [0.1, 0.15) is 33.8 Å². The van der Waals surface area contributed by atoms with Crippen LogP contribution in [-0.4, -0.2) is 41.1 Å². The number of benzene rings is 2. The summed E-state index contributed by atoms with van der Waals surface area (Å²) in [6.45, 7) is 0.529. The van der Waals surface area contributed by atoms with Gasteiger partial charge in [0.1, 0.15) is 0 Å². The molecule has 1 fully saturated rings. The van der Waals surface area contributed by atoms with Gasteiger partial charge in [-0.25, -0.2) is 9.37 Å². The van der Waals surface area contributed by atoms with Crippen molar-refractivity contribution in [2.75, 3.05) is 19.0 Å². The molecule has 0 spiro atoms. The van der Waals surface area contributed by atoms with Gasteiger partial charge in [0, 0.05) is 30.9 Å². The molecule has 3 aromatic rings. The monoisotopic (exact) mass is 503 g/mol. The Labute approximate surface area is 205 Å². The molecule has 0 aliphatic heterocycles. The highest BCUT2D eigenvalue weighted by Crippen LogP contribution is 2.30. The van der Waals surface area contributed by atoms with E-state index in [2.05, 4.69) is 15.6 Å². The Kier molecular flexibility index (Phi) is 7.04. The molecule has 0 atom stereocenters. The summed E-state index contributed by atoms with van der Waals surface area (Å²) in [4.78, 5) is 29.3. The van der Waals surface area contributed by atoms with E-state index in [1.165, 1.54) is 49.2 Å². The summed E-state index contributed by atoms with van der Waals surface area (Å²) in [7, 11) is 2.75. The Morgan fingerprint density at radius 2 is 1.94 bits per heavy atom. The van der Waals surface area contributed by atoms with Crippen molar-refractivity contribution in [3.63, 3.8) is 0 Å². The fraction of sp³-hybridized carbons (Fsp3) is 0.292. The zero-order valence-electron chi connectivity index (χ0n) is 19.1. The average Bonchev–Trinajstić information content (AvgIpc) is 3.18. The van der Waals surface area contributed by atoms with E-state index in [0.29, 0.717) is 18.2 Å². The second-order valence-electron chi connectivity index (χ2n) is 8.43.